The first-order valence-corrected chi connectivity index (χ1v) is 7.18. The van der Waals surface area contributed by atoms with Crippen LogP contribution in [0, 0.1) is 0 Å². The molecule has 3 heteroatoms. The van der Waals surface area contributed by atoms with Gasteiger partial charge in [-0.3, -0.25) is 0 Å². The average molecular weight is 242 g/mol. The molecule has 0 bridgehead atoms. The fraction of sp³-hybridized carbons (Fsp3) is 1.00. The summed E-state index contributed by atoms with van der Waals surface area (Å²) in [5, 5.41) is 13.7. The molecule has 102 valence electrons. The van der Waals surface area contributed by atoms with Gasteiger partial charge in [-0.25, -0.2) is 0 Å². The van der Waals surface area contributed by atoms with E-state index in [1.807, 2.05) is 6.92 Å². The molecule has 1 unspecified atom stereocenters. The lowest BCUT2D eigenvalue weighted by Gasteiger charge is -2.33. The minimum absolute atomic E-state index is 0.439. The zero-order chi connectivity index (χ0) is 12.7. The molecule has 1 aliphatic heterocycles. The van der Waals surface area contributed by atoms with Gasteiger partial charge in [-0.1, -0.05) is 33.1 Å². The van der Waals surface area contributed by atoms with Crippen molar-refractivity contribution in [2.24, 2.45) is 0 Å². The molecular weight excluding hydrogens is 212 g/mol. The van der Waals surface area contributed by atoms with Crippen molar-refractivity contribution >= 4 is 0 Å². The molecule has 1 heterocycles. The second-order valence-electron chi connectivity index (χ2n) is 6.08. The fourth-order valence-corrected chi connectivity index (χ4v) is 2.43. The lowest BCUT2D eigenvalue weighted by Crippen LogP contribution is -2.49. The predicted molar refractivity (Wildman–Crippen MR) is 73.3 cm³/mol. The van der Waals surface area contributed by atoms with Crippen LogP contribution in [0.15, 0.2) is 0 Å². The van der Waals surface area contributed by atoms with E-state index in [-0.39, 0.29) is 0 Å². The van der Waals surface area contributed by atoms with Gasteiger partial charge in [0, 0.05) is 19.1 Å². The molecule has 1 saturated heterocycles. The number of nitrogens with zero attached hydrogens (tertiary/aromatic N) is 1. The molecule has 0 spiro atoms. The minimum Gasteiger partial charge on any atom is -0.388 e. The van der Waals surface area contributed by atoms with Crippen LogP contribution in [0.1, 0.15) is 52.9 Å². The number of hydrogen-bond donors (Lipinski definition) is 2. The van der Waals surface area contributed by atoms with Crippen molar-refractivity contribution in [2.75, 3.05) is 26.2 Å². The van der Waals surface area contributed by atoms with E-state index in [2.05, 4.69) is 24.1 Å². The van der Waals surface area contributed by atoms with Crippen LogP contribution in [0.4, 0.5) is 0 Å². The summed E-state index contributed by atoms with van der Waals surface area (Å²) >= 11 is 0. The molecule has 0 saturated carbocycles. The van der Waals surface area contributed by atoms with E-state index in [0.29, 0.717) is 12.6 Å². The molecule has 0 aromatic carbocycles. The summed E-state index contributed by atoms with van der Waals surface area (Å²) in [6, 6.07) is 0.439. The summed E-state index contributed by atoms with van der Waals surface area (Å²) < 4.78 is 0. The maximum Gasteiger partial charge on any atom is 0.0869 e. The lowest BCUT2D eigenvalue weighted by atomic mass is 10.0. The van der Waals surface area contributed by atoms with Gasteiger partial charge in [0.25, 0.3) is 0 Å². The number of hydrogen-bond acceptors (Lipinski definition) is 3. The topological polar surface area (TPSA) is 35.5 Å². The molecule has 1 aliphatic rings. The van der Waals surface area contributed by atoms with Crippen LogP contribution < -0.4 is 5.32 Å². The van der Waals surface area contributed by atoms with E-state index < -0.39 is 5.60 Å². The van der Waals surface area contributed by atoms with Crippen LogP contribution >= 0.6 is 0 Å². The van der Waals surface area contributed by atoms with Crippen molar-refractivity contribution in [3.63, 3.8) is 0 Å². The first-order chi connectivity index (χ1) is 7.99. The van der Waals surface area contributed by atoms with Gasteiger partial charge < -0.3 is 15.3 Å². The summed E-state index contributed by atoms with van der Waals surface area (Å²) in [7, 11) is 0. The van der Waals surface area contributed by atoms with Crippen LogP contribution in [0.25, 0.3) is 0 Å². The van der Waals surface area contributed by atoms with Crippen LogP contribution in [-0.2, 0) is 0 Å². The predicted octanol–water partition coefficient (Wildman–Crippen LogP) is 2.00. The molecule has 17 heavy (non-hydrogen) atoms. The fourth-order valence-electron chi connectivity index (χ4n) is 2.43. The monoisotopic (exact) mass is 242 g/mol. The van der Waals surface area contributed by atoms with E-state index >= 15 is 0 Å². The molecule has 1 fully saturated rings. The number of nitrogens with one attached hydrogen (secondary N) is 1. The van der Waals surface area contributed by atoms with Crippen LogP contribution in [-0.4, -0.2) is 47.8 Å². The molecule has 1 atom stereocenters. The molecule has 3 nitrogen and oxygen atoms in total. The second kappa shape index (κ2) is 7.34. The minimum atomic E-state index is -0.608. The Labute approximate surface area is 107 Å². The van der Waals surface area contributed by atoms with Crippen molar-refractivity contribution in [1.82, 2.24) is 10.2 Å². The highest BCUT2D eigenvalue weighted by Gasteiger charge is 2.24. The van der Waals surface area contributed by atoms with Gasteiger partial charge in [-0.15, -0.1) is 0 Å². The lowest BCUT2D eigenvalue weighted by molar-refractivity contribution is 0.0166. The summed E-state index contributed by atoms with van der Waals surface area (Å²) in [6.07, 6.45) is 6.66. The van der Waals surface area contributed by atoms with Gasteiger partial charge in [0.05, 0.1) is 5.60 Å². The normalized spacial score (nSPS) is 23.1. The summed E-state index contributed by atoms with van der Waals surface area (Å²) in [5.74, 6) is 0. The van der Waals surface area contributed by atoms with Gasteiger partial charge >= 0.3 is 0 Å². The number of rotatable bonds is 5. The third kappa shape index (κ3) is 7.02. The van der Waals surface area contributed by atoms with Gasteiger partial charge in [0.15, 0.2) is 0 Å². The molecule has 0 aliphatic carbocycles. The Kier molecular flexibility index (Phi) is 6.45. The van der Waals surface area contributed by atoms with Crippen molar-refractivity contribution in [2.45, 2.75) is 64.5 Å². The maximum atomic E-state index is 10.4. The molecule has 0 radical (unpaired) electrons. The van der Waals surface area contributed by atoms with Crippen LogP contribution in [0.5, 0.6) is 0 Å². The highest BCUT2D eigenvalue weighted by Crippen LogP contribution is 2.13. The zero-order valence-electron chi connectivity index (χ0n) is 11.8. The van der Waals surface area contributed by atoms with Gasteiger partial charge in [0.1, 0.15) is 0 Å². The molecular formula is C14H30N2O. The standard InChI is InChI=1S/C14H30N2O/c1-13(2)15-11-14(3,17)12-16-9-7-5-4-6-8-10-16/h13,15,17H,4-12H2,1-3H3. The van der Waals surface area contributed by atoms with E-state index in [0.717, 1.165) is 19.6 Å². The van der Waals surface area contributed by atoms with Gasteiger partial charge in [-0.05, 0) is 32.9 Å². The van der Waals surface area contributed by atoms with Crippen molar-refractivity contribution in [3.05, 3.63) is 0 Å². The smallest absolute Gasteiger partial charge is 0.0869 e. The first kappa shape index (κ1) is 14.9. The molecule has 0 aromatic heterocycles. The molecule has 0 aromatic rings. The molecule has 2 N–H and O–H groups in total. The van der Waals surface area contributed by atoms with Crippen LogP contribution in [0.3, 0.4) is 0 Å². The van der Waals surface area contributed by atoms with Gasteiger partial charge in [0.2, 0.25) is 0 Å². The summed E-state index contributed by atoms with van der Waals surface area (Å²) in [6.45, 7) is 9.96. The number of likely N-dealkylation sites (tertiary alicyclic amines) is 1. The third-order valence-corrected chi connectivity index (χ3v) is 3.40. The Morgan fingerprint density at radius 2 is 1.65 bits per heavy atom. The van der Waals surface area contributed by atoms with Crippen LogP contribution in [0.2, 0.25) is 0 Å². The second-order valence-corrected chi connectivity index (χ2v) is 6.08. The average Bonchev–Trinajstić information content (AvgIpc) is 2.19. The Balaban J connectivity index is 2.32. The Morgan fingerprint density at radius 1 is 1.12 bits per heavy atom. The van der Waals surface area contributed by atoms with Gasteiger partial charge in [-0.2, -0.15) is 0 Å². The van der Waals surface area contributed by atoms with Crippen molar-refractivity contribution < 1.29 is 5.11 Å². The SMILES string of the molecule is CC(C)NCC(C)(O)CN1CCCCCCC1. The highest BCUT2D eigenvalue weighted by molar-refractivity contribution is 4.81. The Hall–Kier alpha value is -0.120. The first-order valence-electron chi connectivity index (χ1n) is 7.18. The summed E-state index contributed by atoms with van der Waals surface area (Å²) in [5.41, 5.74) is -0.608. The quantitative estimate of drug-likeness (QED) is 0.774. The van der Waals surface area contributed by atoms with Crippen molar-refractivity contribution in [1.29, 1.82) is 0 Å². The largest absolute Gasteiger partial charge is 0.388 e. The van der Waals surface area contributed by atoms with E-state index in [1.54, 1.807) is 0 Å². The Morgan fingerprint density at radius 3 is 2.18 bits per heavy atom. The number of β-amino-alcohol motifs (C(OH)–C–C–N with tert-alkyl or cyclic N) is 1. The number of aliphatic hydroxyl groups is 1. The summed E-state index contributed by atoms with van der Waals surface area (Å²) in [4.78, 5) is 2.43. The zero-order valence-corrected chi connectivity index (χ0v) is 11.8. The third-order valence-electron chi connectivity index (χ3n) is 3.40. The van der Waals surface area contributed by atoms with Crippen molar-refractivity contribution in [3.8, 4) is 0 Å². The van der Waals surface area contributed by atoms with E-state index in [9.17, 15) is 5.11 Å². The highest BCUT2D eigenvalue weighted by atomic mass is 16.3. The van der Waals surface area contributed by atoms with E-state index in [4.69, 9.17) is 0 Å². The Bertz CT molecular complexity index is 196. The van der Waals surface area contributed by atoms with E-state index in [1.165, 1.54) is 32.1 Å². The molecule has 0 amide bonds. The maximum absolute atomic E-state index is 10.4. The molecule has 1 rings (SSSR count).